The molecule has 0 aromatic heterocycles. The average Bonchev–Trinajstić information content (AvgIpc) is 2.58. The summed E-state index contributed by atoms with van der Waals surface area (Å²) in [5.74, 6) is -3.45. The van der Waals surface area contributed by atoms with Crippen molar-refractivity contribution in [2.45, 2.75) is 39.5 Å². The highest BCUT2D eigenvalue weighted by Gasteiger charge is 2.33. The molecule has 0 radical (unpaired) electrons. The Morgan fingerprint density at radius 1 is 0.923 bits per heavy atom. The SMILES string of the molecule is CCOCCCOP(=O)(CC(CCC(=O)O)C(=O)O)OCCCOCC. The number of carboxylic acid groups (broad SMARTS) is 2. The number of aliphatic carboxylic acids is 2. The minimum atomic E-state index is -3.67. The smallest absolute Gasteiger partial charge is 0.331 e. The van der Waals surface area contributed by atoms with Gasteiger partial charge in [0.05, 0.1) is 25.3 Å². The molecule has 0 aromatic rings. The maximum Gasteiger partial charge on any atom is 0.331 e. The maximum atomic E-state index is 12.9. The summed E-state index contributed by atoms with van der Waals surface area (Å²) >= 11 is 0. The molecule has 0 aromatic carbocycles. The minimum Gasteiger partial charge on any atom is -0.481 e. The molecule has 1 atom stereocenters. The molecule has 10 heteroatoms. The lowest BCUT2D eigenvalue weighted by atomic mass is 10.1. The third-order valence-corrected chi connectivity index (χ3v) is 5.39. The van der Waals surface area contributed by atoms with Gasteiger partial charge in [0.25, 0.3) is 0 Å². The topological polar surface area (TPSA) is 129 Å². The number of hydrogen-bond donors (Lipinski definition) is 2. The summed E-state index contributed by atoms with van der Waals surface area (Å²) in [5.41, 5.74) is 0. The van der Waals surface area contributed by atoms with E-state index < -0.39 is 25.5 Å². The first-order chi connectivity index (χ1) is 12.3. The molecule has 0 aliphatic carbocycles. The van der Waals surface area contributed by atoms with Gasteiger partial charge in [-0.05, 0) is 33.1 Å². The monoisotopic (exact) mass is 398 g/mol. The molecule has 0 aliphatic heterocycles. The summed E-state index contributed by atoms with van der Waals surface area (Å²) in [6.07, 6.45) is 0.157. The summed E-state index contributed by atoms with van der Waals surface area (Å²) in [6, 6.07) is 0. The van der Waals surface area contributed by atoms with Crippen LogP contribution in [0, 0.1) is 5.92 Å². The number of hydrogen-bond acceptors (Lipinski definition) is 7. The Labute approximate surface area is 154 Å². The number of rotatable bonds is 18. The average molecular weight is 398 g/mol. The van der Waals surface area contributed by atoms with Crippen LogP contribution in [0.1, 0.15) is 39.5 Å². The van der Waals surface area contributed by atoms with Gasteiger partial charge in [0, 0.05) is 32.8 Å². The van der Waals surface area contributed by atoms with Crippen LogP contribution in [-0.2, 0) is 32.7 Å². The molecule has 0 bridgehead atoms. The Bertz CT molecular complexity index is 423. The standard InChI is InChI=1S/C16H31O9P/c1-3-22-9-5-11-24-26(21,25-12-6-10-23-4-2)13-14(16(19)20)7-8-15(17)18/h14H,3-13H2,1-2H3,(H,17,18)(H,19,20). The molecule has 0 heterocycles. The highest BCUT2D eigenvalue weighted by molar-refractivity contribution is 7.53. The largest absolute Gasteiger partial charge is 0.481 e. The van der Waals surface area contributed by atoms with E-state index in [1.54, 1.807) is 0 Å². The highest BCUT2D eigenvalue weighted by atomic mass is 31.2. The Hall–Kier alpha value is -0.990. The van der Waals surface area contributed by atoms with E-state index in [1.165, 1.54) is 0 Å². The van der Waals surface area contributed by atoms with Gasteiger partial charge in [-0.25, -0.2) is 0 Å². The van der Waals surface area contributed by atoms with Crippen molar-refractivity contribution in [2.24, 2.45) is 5.92 Å². The predicted molar refractivity (Wildman–Crippen MR) is 94.6 cm³/mol. The summed E-state index contributed by atoms with van der Waals surface area (Å²) in [7, 11) is -3.67. The van der Waals surface area contributed by atoms with Crippen molar-refractivity contribution in [1.82, 2.24) is 0 Å². The van der Waals surface area contributed by atoms with Crippen molar-refractivity contribution in [3.8, 4) is 0 Å². The lowest BCUT2D eigenvalue weighted by molar-refractivity contribution is -0.142. The maximum absolute atomic E-state index is 12.9. The van der Waals surface area contributed by atoms with Gasteiger partial charge in [-0.2, -0.15) is 0 Å². The van der Waals surface area contributed by atoms with Crippen molar-refractivity contribution in [2.75, 3.05) is 45.8 Å². The van der Waals surface area contributed by atoms with Crippen LogP contribution in [-0.4, -0.2) is 68.0 Å². The van der Waals surface area contributed by atoms with Crippen molar-refractivity contribution >= 4 is 19.5 Å². The first-order valence-electron chi connectivity index (χ1n) is 8.82. The fraction of sp³-hybridized carbons (Fsp3) is 0.875. The van der Waals surface area contributed by atoms with Gasteiger partial charge in [-0.3, -0.25) is 14.2 Å². The van der Waals surface area contributed by atoms with Gasteiger partial charge in [0.2, 0.25) is 0 Å². The molecule has 26 heavy (non-hydrogen) atoms. The van der Waals surface area contributed by atoms with Gasteiger partial charge >= 0.3 is 19.5 Å². The molecule has 0 aliphatic rings. The van der Waals surface area contributed by atoms with Crippen LogP contribution < -0.4 is 0 Å². The molecule has 0 saturated carbocycles. The zero-order valence-corrected chi connectivity index (χ0v) is 16.4. The summed E-state index contributed by atoms with van der Waals surface area (Å²) in [5, 5.41) is 18.0. The molecule has 154 valence electrons. The van der Waals surface area contributed by atoms with Crippen molar-refractivity contribution < 1.29 is 42.9 Å². The van der Waals surface area contributed by atoms with Gasteiger partial charge in [-0.1, -0.05) is 0 Å². The van der Waals surface area contributed by atoms with Gasteiger partial charge in [0.15, 0.2) is 0 Å². The van der Waals surface area contributed by atoms with E-state index in [-0.39, 0.29) is 32.2 Å². The first kappa shape index (κ1) is 25.0. The Morgan fingerprint density at radius 2 is 1.42 bits per heavy atom. The van der Waals surface area contributed by atoms with Gasteiger partial charge in [0.1, 0.15) is 0 Å². The van der Waals surface area contributed by atoms with Crippen LogP contribution in [0.4, 0.5) is 0 Å². The third-order valence-electron chi connectivity index (χ3n) is 3.35. The molecule has 2 N–H and O–H groups in total. The Kier molecular flexibility index (Phi) is 14.5. The van der Waals surface area contributed by atoms with E-state index in [4.69, 9.17) is 23.6 Å². The van der Waals surface area contributed by atoms with Crippen molar-refractivity contribution in [3.63, 3.8) is 0 Å². The fourth-order valence-corrected chi connectivity index (χ4v) is 4.00. The van der Waals surface area contributed by atoms with Gasteiger partial charge < -0.3 is 28.7 Å². The van der Waals surface area contributed by atoms with E-state index >= 15 is 0 Å². The van der Waals surface area contributed by atoms with Crippen LogP contribution >= 0.6 is 7.60 Å². The van der Waals surface area contributed by atoms with E-state index in [0.29, 0.717) is 39.3 Å². The second kappa shape index (κ2) is 15.1. The number of carboxylic acids is 2. The third kappa shape index (κ3) is 13.2. The van der Waals surface area contributed by atoms with Gasteiger partial charge in [-0.15, -0.1) is 0 Å². The lowest BCUT2D eigenvalue weighted by Crippen LogP contribution is -2.21. The van der Waals surface area contributed by atoms with E-state index in [0.717, 1.165) is 0 Å². The molecule has 1 unspecified atom stereocenters. The molecule has 9 nitrogen and oxygen atoms in total. The zero-order chi connectivity index (χ0) is 19.8. The minimum absolute atomic E-state index is 0.105. The highest BCUT2D eigenvalue weighted by Crippen LogP contribution is 2.50. The normalized spacial score (nSPS) is 12.8. The van der Waals surface area contributed by atoms with Crippen molar-refractivity contribution in [1.29, 1.82) is 0 Å². The molecular formula is C16H31O9P. The Balaban J connectivity index is 4.71. The van der Waals surface area contributed by atoms with Crippen LogP contribution in [0.3, 0.4) is 0 Å². The second-order valence-corrected chi connectivity index (χ2v) is 7.63. The van der Waals surface area contributed by atoms with E-state index in [2.05, 4.69) is 0 Å². The zero-order valence-electron chi connectivity index (χ0n) is 15.6. The first-order valence-corrected chi connectivity index (χ1v) is 10.6. The van der Waals surface area contributed by atoms with E-state index in [9.17, 15) is 19.3 Å². The summed E-state index contributed by atoms with van der Waals surface area (Å²) < 4.78 is 34.0. The molecule has 0 spiro atoms. The van der Waals surface area contributed by atoms with Crippen LogP contribution in [0.15, 0.2) is 0 Å². The number of carbonyl (C=O) groups is 2. The quantitative estimate of drug-likeness (QED) is 0.264. The fourth-order valence-electron chi connectivity index (χ4n) is 2.02. The second-order valence-electron chi connectivity index (χ2n) is 5.53. The molecule has 0 saturated heterocycles. The van der Waals surface area contributed by atoms with Crippen LogP contribution in [0.5, 0.6) is 0 Å². The van der Waals surface area contributed by atoms with Crippen LogP contribution in [0.25, 0.3) is 0 Å². The molecular weight excluding hydrogens is 367 g/mol. The lowest BCUT2D eigenvalue weighted by Gasteiger charge is -2.22. The summed E-state index contributed by atoms with van der Waals surface area (Å²) in [6.45, 7) is 5.90. The van der Waals surface area contributed by atoms with Crippen LogP contribution in [0.2, 0.25) is 0 Å². The molecule has 0 fully saturated rings. The number of ether oxygens (including phenoxy) is 2. The molecule has 0 amide bonds. The summed E-state index contributed by atoms with van der Waals surface area (Å²) in [4.78, 5) is 22.0. The van der Waals surface area contributed by atoms with Crippen molar-refractivity contribution in [3.05, 3.63) is 0 Å². The van der Waals surface area contributed by atoms with E-state index in [1.807, 2.05) is 13.8 Å². The predicted octanol–water partition coefficient (Wildman–Crippen LogP) is 2.63. The Morgan fingerprint density at radius 3 is 1.81 bits per heavy atom. The molecule has 0 rings (SSSR count).